The molecule has 0 atom stereocenters. The Hall–Kier alpha value is -1.56. The number of amides is 2. The molecule has 0 aromatic heterocycles. The van der Waals surface area contributed by atoms with Crippen LogP contribution in [0.25, 0.3) is 0 Å². The molecule has 0 spiro atoms. The number of nitrogens with zero attached hydrogens (tertiary/aromatic N) is 1. The van der Waals surface area contributed by atoms with E-state index in [0.717, 1.165) is 12.6 Å². The van der Waals surface area contributed by atoms with Gasteiger partial charge in [0, 0.05) is 7.05 Å². The molecule has 5 nitrogen and oxygen atoms in total. The molecule has 15 heavy (non-hydrogen) atoms. The Bertz CT molecular complexity index is 482. The number of urea groups is 1. The average molecular weight is 228 g/mol. The molecule has 0 aliphatic carbocycles. The SMILES string of the molecule is Cc1cccc(S(=O)(=O)N(C)C(N)=O)c1. The third kappa shape index (κ3) is 2.27. The Morgan fingerprint density at radius 2 is 2.00 bits per heavy atom. The van der Waals surface area contributed by atoms with Crippen LogP contribution in [0.15, 0.2) is 29.2 Å². The fourth-order valence-electron chi connectivity index (χ4n) is 1.05. The van der Waals surface area contributed by atoms with E-state index in [4.69, 9.17) is 5.73 Å². The van der Waals surface area contributed by atoms with Crippen molar-refractivity contribution in [2.24, 2.45) is 5.73 Å². The molecule has 0 fully saturated rings. The Labute approximate surface area is 88.5 Å². The monoisotopic (exact) mass is 228 g/mol. The van der Waals surface area contributed by atoms with Gasteiger partial charge in [0.2, 0.25) is 0 Å². The summed E-state index contributed by atoms with van der Waals surface area (Å²) in [5, 5.41) is 0. The highest BCUT2D eigenvalue weighted by molar-refractivity contribution is 7.89. The van der Waals surface area contributed by atoms with Gasteiger partial charge in [-0.3, -0.25) is 0 Å². The lowest BCUT2D eigenvalue weighted by Gasteiger charge is -2.14. The summed E-state index contributed by atoms with van der Waals surface area (Å²) in [5.74, 6) is 0. The van der Waals surface area contributed by atoms with E-state index in [0.29, 0.717) is 4.31 Å². The molecule has 1 aromatic rings. The number of carbonyl (C=O) groups excluding carboxylic acids is 1. The van der Waals surface area contributed by atoms with Crippen molar-refractivity contribution in [3.8, 4) is 0 Å². The smallest absolute Gasteiger partial charge is 0.328 e. The van der Waals surface area contributed by atoms with E-state index >= 15 is 0 Å². The summed E-state index contributed by atoms with van der Waals surface area (Å²) in [6.45, 7) is 1.77. The van der Waals surface area contributed by atoms with E-state index < -0.39 is 16.1 Å². The largest absolute Gasteiger partial charge is 0.351 e. The lowest BCUT2D eigenvalue weighted by atomic mass is 10.2. The predicted molar refractivity (Wildman–Crippen MR) is 55.7 cm³/mol. The first kappa shape index (κ1) is 11.5. The normalized spacial score (nSPS) is 11.1. The first-order valence-corrected chi connectivity index (χ1v) is 5.65. The molecule has 0 aliphatic heterocycles. The van der Waals surface area contributed by atoms with E-state index in [1.54, 1.807) is 19.1 Å². The molecule has 82 valence electrons. The van der Waals surface area contributed by atoms with Gasteiger partial charge in [0.1, 0.15) is 0 Å². The van der Waals surface area contributed by atoms with Gasteiger partial charge in [-0.15, -0.1) is 0 Å². The lowest BCUT2D eigenvalue weighted by Crippen LogP contribution is -2.37. The van der Waals surface area contributed by atoms with Gasteiger partial charge >= 0.3 is 6.03 Å². The van der Waals surface area contributed by atoms with Crippen molar-refractivity contribution in [2.75, 3.05) is 7.05 Å². The zero-order chi connectivity index (χ0) is 11.6. The van der Waals surface area contributed by atoms with Gasteiger partial charge in [0.15, 0.2) is 0 Å². The van der Waals surface area contributed by atoms with E-state index in [2.05, 4.69) is 0 Å². The number of nitrogens with two attached hydrogens (primary N) is 1. The number of aryl methyl sites for hydroxylation is 1. The summed E-state index contributed by atoms with van der Waals surface area (Å²) in [6, 6.07) is 5.27. The molecule has 1 rings (SSSR count). The van der Waals surface area contributed by atoms with Crippen LogP contribution in [0, 0.1) is 6.92 Å². The minimum absolute atomic E-state index is 0.0591. The summed E-state index contributed by atoms with van der Waals surface area (Å²) >= 11 is 0. The maximum atomic E-state index is 11.8. The minimum atomic E-state index is -3.80. The fourth-order valence-corrected chi connectivity index (χ4v) is 2.19. The van der Waals surface area contributed by atoms with Crippen molar-refractivity contribution in [3.05, 3.63) is 29.8 Å². The number of carbonyl (C=O) groups is 1. The number of rotatable bonds is 2. The van der Waals surface area contributed by atoms with Crippen LogP contribution < -0.4 is 5.73 Å². The van der Waals surface area contributed by atoms with Crippen LogP contribution in [-0.2, 0) is 10.0 Å². The van der Waals surface area contributed by atoms with Gasteiger partial charge < -0.3 is 5.73 Å². The van der Waals surface area contributed by atoms with Crippen molar-refractivity contribution in [3.63, 3.8) is 0 Å². The topological polar surface area (TPSA) is 80.5 Å². The molecule has 0 aliphatic rings. The molecule has 2 amide bonds. The van der Waals surface area contributed by atoms with Gasteiger partial charge in [0.05, 0.1) is 4.90 Å². The van der Waals surface area contributed by atoms with Crippen molar-refractivity contribution in [1.82, 2.24) is 4.31 Å². The second-order valence-electron chi connectivity index (χ2n) is 3.13. The molecular formula is C9H12N2O3S. The summed E-state index contributed by atoms with van der Waals surface area (Å²) in [4.78, 5) is 10.8. The van der Waals surface area contributed by atoms with Crippen LogP contribution in [0.5, 0.6) is 0 Å². The first-order chi connectivity index (χ1) is 6.85. The number of hydrogen-bond acceptors (Lipinski definition) is 3. The van der Waals surface area contributed by atoms with Crippen molar-refractivity contribution < 1.29 is 13.2 Å². The zero-order valence-corrected chi connectivity index (χ0v) is 9.28. The zero-order valence-electron chi connectivity index (χ0n) is 8.47. The van der Waals surface area contributed by atoms with Crippen LogP contribution in [0.3, 0.4) is 0 Å². The highest BCUT2D eigenvalue weighted by Gasteiger charge is 2.23. The standard InChI is InChI=1S/C9H12N2O3S/c1-7-4-3-5-8(6-7)15(13,14)11(2)9(10)12/h3-6H,1-2H3,(H2,10,12). The van der Waals surface area contributed by atoms with E-state index in [1.807, 2.05) is 0 Å². The van der Waals surface area contributed by atoms with Gasteiger partial charge in [-0.05, 0) is 24.6 Å². The van der Waals surface area contributed by atoms with Gasteiger partial charge in [-0.2, -0.15) is 0 Å². The number of hydrogen-bond donors (Lipinski definition) is 1. The Morgan fingerprint density at radius 3 is 2.47 bits per heavy atom. The predicted octanol–water partition coefficient (Wildman–Crippen LogP) is 0.694. The Kier molecular flexibility index (Phi) is 2.99. The van der Waals surface area contributed by atoms with Crippen LogP contribution in [0.1, 0.15) is 5.56 Å². The van der Waals surface area contributed by atoms with Gasteiger partial charge in [-0.25, -0.2) is 17.5 Å². The number of primary amides is 1. The summed E-state index contributed by atoms with van der Waals surface area (Å²) < 4.78 is 24.0. The highest BCUT2D eigenvalue weighted by atomic mass is 32.2. The van der Waals surface area contributed by atoms with Gasteiger partial charge in [-0.1, -0.05) is 12.1 Å². The molecule has 2 N–H and O–H groups in total. The third-order valence-electron chi connectivity index (χ3n) is 1.96. The third-order valence-corrected chi connectivity index (χ3v) is 3.71. The quantitative estimate of drug-likeness (QED) is 0.808. The Balaban J connectivity index is 3.23. The van der Waals surface area contributed by atoms with Crippen molar-refractivity contribution in [2.45, 2.75) is 11.8 Å². The minimum Gasteiger partial charge on any atom is -0.351 e. The van der Waals surface area contributed by atoms with Crippen LogP contribution in [-0.4, -0.2) is 25.8 Å². The second-order valence-corrected chi connectivity index (χ2v) is 5.10. The van der Waals surface area contributed by atoms with Gasteiger partial charge in [0.25, 0.3) is 10.0 Å². The molecule has 6 heteroatoms. The molecular weight excluding hydrogens is 216 g/mol. The highest BCUT2D eigenvalue weighted by Crippen LogP contribution is 2.14. The van der Waals surface area contributed by atoms with Crippen molar-refractivity contribution in [1.29, 1.82) is 0 Å². The maximum Gasteiger partial charge on any atom is 0.328 e. The lowest BCUT2D eigenvalue weighted by molar-refractivity contribution is 0.237. The van der Waals surface area contributed by atoms with Crippen molar-refractivity contribution >= 4 is 16.1 Å². The average Bonchev–Trinajstić information content (AvgIpc) is 2.16. The molecule has 0 bridgehead atoms. The van der Waals surface area contributed by atoms with Crippen LogP contribution in [0.4, 0.5) is 4.79 Å². The van der Waals surface area contributed by atoms with E-state index in [-0.39, 0.29) is 4.90 Å². The Morgan fingerprint density at radius 1 is 1.40 bits per heavy atom. The molecule has 0 saturated carbocycles. The number of benzene rings is 1. The first-order valence-electron chi connectivity index (χ1n) is 4.21. The maximum absolute atomic E-state index is 11.8. The molecule has 0 heterocycles. The fraction of sp³-hybridized carbons (Fsp3) is 0.222. The van der Waals surface area contributed by atoms with Crippen LogP contribution >= 0.6 is 0 Å². The van der Waals surface area contributed by atoms with E-state index in [9.17, 15) is 13.2 Å². The number of sulfonamides is 1. The van der Waals surface area contributed by atoms with Crippen LogP contribution in [0.2, 0.25) is 0 Å². The summed E-state index contributed by atoms with van der Waals surface area (Å²) in [7, 11) is -2.68. The molecule has 0 unspecified atom stereocenters. The molecule has 0 saturated heterocycles. The molecule has 1 aromatic carbocycles. The second kappa shape index (κ2) is 3.90. The van der Waals surface area contributed by atoms with E-state index in [1.165, 1.54) is 12.1 Å². The molecule has 0 radical (unpaired) electrons. The summed E-state index contributed by atoms with van der Waals surface area (Å²) in [6.07, 6.45) is 0. The summed E-state index contributed by atoms with van der Waals surface area (Å²) in [5.41, 5.74) is 5.71.